The van der Waals surface area contributed by atoms with E-state index >= 15 is 0 Å². The topological polar surface area (TPSA) is 67.4 Å². The van der Waals surface area contributed by atoms with Gasteiger partial charge in [0.2, 0.25) is 5.91 Å². The van der Waals surface area contributed by atoms with Gasteiger partial charge >= 0.3 is 0 Å². The fourth-order valence-corrected chi connectivity index (χ4v) is 2.68. The molecule has 0 heterocycles. The smallest absolute Gasteiger partial charge is 0.276 e. The van der Waals surface area contributed by atoms with Crippen molar-refractivity contribution in [3.8, 4) is 5.75 Å². The number of hydrogen-bond acceptors (Lipinski definition) is 3. The molecule has 2 N–H and O–H groups in total. The number of fused-ring (bicyclic) bond motifs is 1. The maximum Gasteiger partial charge on any atom is 0.276 e. The zero-order valence-corrected chi connectivity index (χ0v) is 14.2. The summed E-state index contributed by atoms with van der Waals surface area (Å²) in [6.45, 7) is 1.11. The fourth-order valence-electron chi connectivity index (χ4n) is 1.69. The lowest BCUT2D eigenvalue weighted by atomic mass is 10.1. The molecule has 0 spiro atoms. The first-order valence-corrected chi connectivity index (χ1v) is 7.62. The van der Waals surface area contributed by atoms with Gasteiger partial charge in [0.05, 0.1) is 4.47 Å². The number of ether oxygens (including phenoxy) is 1. The number of hydrogen-bond donors (Lipinski definition) is 2. The lowest BCUT2D eigenvalue weighted by molar-refractivity contribution is -0.129. The Morgan fingerprint density at radius 1 is 1.14 bits per heavy atom. The lowest BCUT2D eigenvalue weighted by Gasteiger charge is -2.11. The Balaban J connectivity index is 2.09. The second-order valence-corrected chi connectivity index (χ2v) is 5.97. The van der Waals surface area contributed by atoms with Crippen LogP contribution >= 0.6 is 31.9 Å². The van der Waals surface area contributed by atoms with Crippen LogP contribution in [0.4, 0.5) is 0 Å². The zero-order chi connectivity index (χ0) is 15.4. The van der Waals surface area contributed by atoms with E-state index in [0.29, 0.717) is 5.75 Å². The molecule has 0 aromatic heterocycles. The molecule has 2 aromatic carbocycles. The largest absolute Gasteiger partial charge is 0.483 e. The Morgan fingerprint density at radius 3 is 2.62 bits per heavy atom. The molecule has 0 bridgehead atoms. The van der Waals surface area contributed by atoms with Gasteiger partial charge in [-0.1, -0.05) is 28.1 Å². The molecule has 0 fully saturated rings. The third-order valence-corrected chi connectivity index (χ3v) is 3.93. The van der Waals surface area contributed by atoms with Crippen LogP contribution in [0.3, 0.4) is 0 Å². The van der Waals surface area contributed by atoms with Gasteiger partial charge in [0, 0.05) is 11.4 Å². The third kappa shape index (κ3) is 4.18. The van der Waals surface area contributed by atoms with Crippen molar-refractivity contribution < 1.29 is 14.3 Å². The Bertz CT molecular complexity index is 704. The van der Waals surface area contributed by atoms with Crippen molar-refractivity contribution in [2.75, 3.05) is 6.61 Å². The Labute approximate surface area is 138 Å². The summed E-state index contributed by atoms with van der Waals surface area (Å²) in [7, 11) is 0. The summed E-state index contributed by atoms with van der Waals surface area (Å²) < 4.78 is 7.22. The van der Waals surface area contributed by atoms with Crippen molar-refractivity contribution >= 4 is 54.4 Å². The van der Waals surface area contributed by atoms with E-state index in [-0.39, 0.29) is 12.5 Å². The molecule has 5 nitrogen and oxygen atoms in total. The van der Waals surface area contributed by atoms with Crippen molar-refractivity contribution in [3.05, 3.63) is 39.3 Å². The van der Waals surface area contributed by atoms with E-state index in [4.69, 9.17) is 4.74 Å². The van der Waals surface area contributed by atoms with Crippen LogP contribution in [0.2, 0.25) is 0 Å². The van der Waals surface area contributed by atoms with Gasteiger partial charge in [0.15, 0.2) is 6.61 Å². The quantitative estimate of drug-likeness (QED) is 0.757. The summed E-state index contributed by atoms with van der Waals surface area (Å²) in [4.78, 5) is 22.1. The van der Waals surface area contributed by atoms with Crippen LogP contribution in [0.1, 0.15) is 6.92 Å². The lowest BCUT2D eigenvalue weighted by Crippen LogP contribution is -2.42. The minimum absolute atomic E-state index is 0.194. The first-order chi connectivity index (χ1) is 9.97. The van der Waals surface area contributed by atoms with E-state index in [0.717, 1.165) is 19.7 Å². The molecule has 0 aliphatic carbocycles. The summed E-state index contributed by atoms with van der Waals surface area (Å²) in [5.74, 6) is -0.225. The van der Waals surface area contributed by atoms with Gasteiger partial charge in [-0.05, 0) is 44.9 Å². The van der Waals surface area contributed by atoms with Crippen molar-refractivity contribution in [1.82, 2.24) is 10.9 Å². The number of nitrogens with one attached hydrogen (secondary N) is 2. The van der Waals surface area contributed by atoms with Crippen LogP contribution < -0.4 is 15.6 Å². The summed E-state index contributed by atoms with van der Waals surface area (Å²) in [5.41, 5.74) is 4.43. The highest BCUT2D eigenvalue weighted by molar-refractivity contribution is 9.11. The van der Waals surface area contributed by atoms with Crippen molar-refractivity contribution in [2.45, 2.75) is 6.92 Å². The van der Waals surface area contributed by atoms with E-state index < -0.39 is 5.91 Å². The van der Waals surface area contributed by atoms with Crippen molar-refractivity contribution in [2.24, 2.45) is 0 Å². The number of halogens is 2. The summed E-state index contributed by atoms with van der Waals surface area (Å²) in [6, 6.07) is 9.57. The minimum Gasteiger partial charge on any atom is -0.483 e. The number of carbonyl (C=O) groups excluding carboxylic acids is 2. The van der Waals surface area contributed by atoms with E-state index in [1.165, 1.54) is 6.92 Å². The maximum atomic E-state index is 11.5. The van der Waals surface area contributed by atoms with Gasteiger partial charge in [-0.2, -0.15) is 0 Å². The number of carbonyl (C=O) groups is 2. The normalized spacial score (nSPS) is 10.2. The van der Waals surface area contributed by atoms with Gasteiger partial charge in [0.1, 0.15) is 5.75 Å². The zero-order valence-electron chi connectivity index (χ0n) is 11.1. The molecular formula is C14H12Br2N2O3. The first kappa shape index (κ1) is 15.8. The van der Waals surface area contributed by atoms with Crippen LogP contribution in [0.25, 0.3) is 10.8 Å². The first-order valence-electron chi connectivity index (χ1n) is 6.03. The maximum absolute atomic E-state index is 11.5. The monoisotopic (exact) mass is 414 g/mol. The molecule has 0 saturated carbocycles. The van der Waals surface area contributed by atoms with Crippen LogP contribution in [0.15, 0.2) is 39.3 Å². The van der Waals surface area contributed by atoms with Gasteiger partial charge in [-0.25, -0.2) is 0 Å². The van der Waals surface area contributed by atoms with Gasteiger partial charge < -0.3 is 4.74 Å². The second-order valence-electron chi connectivity index (χ2n) is 4.26. The average Bonchev–Trinajstić information content (AvgIpc) is 2.44. The van der Waals surface area contributed by atoms with E-state index in [1.807, 2.05) is 24.3 Å². The highest BCUT2D eigenvalue weighted by Crippen LogP contribution is 2.34. The summed E-state index contributed by atoms with van der Waals surface area (Å²) in [5, 5.41) is 2.03. The number of benzene rings is 2. The molecule has 2 amide bonds. The van der Waals surface area contributed by atoms with Gasteiger partial charge in [-0.15, -0.1) is 0 Å². The van der Waals surface area contributed by atoms with Gasteiger partial charge in [-0.3, -0.25) is 20.4 Å². The number of amides is 2. The SMILES string of the molecule is CC(=O)NNC(=O)COc1ccc2cc(Br)ccc2c1Br. The van der Waals surface area contributed by atoms with Crippen molar-refractivity contribution in [1.29, 1.82) is 0 Å². The molecule has 2 rings (SSSR count). The van der Waals surface area contributed by atoms with Gasteiger partial charge in [0.25, 0.3) is 5.91 Å². The molecule has 2 aromatic rings. The van der Waals surface area contributed by atoms with E-state index in [2.05, 4.69) is 42.7 Å². The Morgan fingerprint density at radius 2 is 1.90 bits per heavy atom. The Hall–Kier alpha value is -1.60. The average molecular weight is 416 g/mol. The predicted molar refractivity (Wildman–Crippen MR) is 86.8 cm³/mol. The van der Waals surface area contributed by atoms with E-state index in [9.17, 15) is 9.59 Å². The highest BCUT2D eigenvalue weighted by Gasteiger charge is 2.09. The molecule has 0 aliphatic heterocycles. The summed E-state index contributed by atoms with van der Waals surface area (Å²) >= 11 is 6.90. The molecule has 7 heteroatoms. The Kier molecular flexibility index (Phi) is 5.19. The van der Waals surface area contributed by atoms with Crippen LogP contribution in [-0.4, -0.2) is 18.4 Å². The fraction of sp³-hybridized carbons (Fsp3) is 0.143. The second kappa shape index (κ2) is 6.91. The molecule has 0 radical (unpaired) electrons. The molecule has 21 heavy (non-hydrogen) atoms. The predicted octanol–water partition coefficient (Wildman–Crippen LogP) is 2.91. The highest BCUT2D eigenvalue weighted by atomic mass is 79.9. The summed E-state index contributed by atoms with van der Waals surface area (Å²) in [6.07, 6.45) is 0. The molecule has 0 aliphatic rings. The number of rotatable bonds is 3. The molecule has 0 atom stereocenters. The number of hydrazine groups is 1. The standard InChI is InChI=1S/C14H12Br2N2O3/c1-8(19)17-18-13(20)7-21-12-5-2-9-6-10(15)3-4-11(9)14(12)16/h2-6H,7H2,1H3,(H,17,19)(H,18,20). The molecule has 110 valence electrons. The van der Waals surface area contributed by atoms with Crippen molar-refractivity contribution in [3.63, 3.8) is 0 Å². The van der Waals surface area contributed by atoms with Crippen LogP contribution in [0, 0.1) is 0 Å². The van der Waals surface area contributed by atoms with E-state index in [1.54, 1.807) is 6.07 Å². The molecular weight excluding hydrogens is 404 g/mol. The minimum atomic E-state index is -0.437. The third-order valence-electron chi connectivity index (χ3n) is 2.62. The van der Waals surface area contributed by atoms with Crippen LogP contribution in [-0.2, 0) is 9.59 Å². The van der Waals surface area contributed by atoms with Crippen LogP contribution in [0.5, 0.6) is 5.75 Å². The molecule has 0 saturated heterocycles. The molecule has 0 unspecified atom stereocenters.